The van der Waals surface area contributed by atoms with Crippen LogP contribution in [0.3, 0.4) is 0 Å². The number of hydrogen-bond donors (Lipinski definition) is 1. The van der Waals surface area contributed by atoms with E-state index in [1.165, 1.54) is 18.4 Å². The molecule has 0 spiro atoms. The molecule has 0 bridgehead atoms. The van der Waals surface area contributed by atoms with Crippen molar-refractivity contribution in [1.29, 1.82) is 0 Å². The molecule has 1 aromatic carbocycles. The summed E-state index contributed by atoms with van der Waals surface area (Å²) >= 11 is 0. The standard InChI is InChI=1S/C17H26N2O2/c1-14-6-5-8-16(12-14)21-11-9-17(20)19(2)13-15-7-3-4-10-18-15/h5-6,8,12,15,18H,3-4,7,9-11,13H2,1-2H3. The zero-order valence-electron chi connectivity index (χ0n) is 13.1. The Morgan fingerprint density at radius 3 is 3.00 bits per heavy atom. The van der Waals surface area contributed by atoms with Gasteiger partial charge in [-0.05, 0) is 44.0 Å². The molecular weight excluding hydrogens is 264 g/mol. The normalized spacial score (nSPS) is 18.3. The van der Waals surface area contributed by atoms with Crippen LogP contribution in [-0.2, 0) is 4.79 Å². The molecule has 21 heavy (non-hydrogen) atoms. The summed E-state index contributed by atoms with van der Waals surface area (Å²) in [4.78, 5) is 13.9. The first-order valence-corrected chi connectivity index (χ1v) is 7.82. The van der Waals surface area contributed by atoms with Gasteiger partial charge < -0.3 is 15.0 Å². The molecule has 1 aromatic rings. The molecule has 1 aliphatic rings. The molecule has 1 atom stereocenters. The van der Waals surface area contributed by atoms with Crippen molar-refractivity contribution in [3.63, 3.8) is 0 Å². The number of benzene rings is 1. The van der Waals surface area contributed by atoms with Crippen molar-refractivity contribution < 1.29 is 9.53 Å². The maximum Gasteiger partial charge on any atom is 0.225 e. The van der Waals surface area contributed by atoms with Gasteiger partial charge in [-0.25, -0.2) is 0 Å². The van der Waals surface area contributed by atoms with Crippen LogP contribution in [0.2, 0.25) is 0 Å². The van der Waals surface area contributed by atoms with Crippen molar-refractivity contribution in [2.45, 2.75) is 38.6 Å². The Morgan fingerprint density at radius 1 is 1.43 bits per heavy atom. The molecule has 1 saturated heterocycles. The molecule has 1 N–H and O–H groups in total. The van der Waals surface area contributed by atoms with Crippen LogP contribution in [0.5, 0.6) is 5.75 Å². The molecule has 0 saturated carbocycles. The first-order chi connectivity index (χ1) is 10.1. The van der Waals surface area contributed by atoms with Crippen molar-refractivity contribution in [3.8, 4) is 5.75 Å². The Bertz CT molecular complexity index is 456. The third-order valence-electron chi connectivity index (χ3n) is 3.91. The molecule has 1 unspecified atom stereocenters. The van der Waals surface area contributed by atoms with Crippen LogP contribution in [0.1, 0.15) is 31.2 Å². The van der Waals surface area contributed by atoms with E-state index in [4.69, 9.17) is 4.74 Å². The summed E-state index contributed by atoms with van der Waals surface area (Å²) in [5.41, 5.74) is 1.17. The second-order valence-corrected chi connectivity index (χ2v) is 5.84. The van der Waals surface area contributed by atoms with Crippen LogP contribution < -0.4 is 10.1 Å². The third kappa shape index (κ3) is 5.38. The van der Waals surface area contributed by atoms with Crippen LogP contribution in [0, 0.1) is 6.92 Å². The van der Waals surface area contributed by atoms with Crippen LogP contribution in [0.15, 0.2) is 24.3 Å². The molecule has 1 heterocycles. The molecule has 0 aliphatic carbocycles. The van der Waals surface area contributed by atoms with Gasteiger partial charge in [0.1, 0.15) is 5.75 Å². The summed E-state index contributed by atoms with van der Waals surface area (Å²) in [5.74, 6) is 0.981. The fourth-order valence-corrected chi connectivity index (χ4v) is 2.66. The van der Waals surface area contributed by atoms with Gasteiger partial charge in [-0.2, -0.15) is 0 Å². The lowest BCUT2D eigenvalue weighted by molar-refractivity contribution is -0.130. The Morgan fingerprint density at radius 2 is 2.29 bits per heavy atom. The van der Waals surface area contributed by atoms with Crippen LogP contribution >= 0.6 is 0 Å². The summed E-state index contributed by atoms with van der Waals surface area (Å²) in [6.07, 6.45) is 4.10. The fourth-order valence-electron chi connectivity index (χ4n) is 2.66. The highest BCUT2D eigenvalue weighted by molar-refractivity contribution is 5.76. The van der Waals surface area contributed by atoms with E-state index >= 15 is 0 Å². The smallest absolute Gasteiger partial charge is 0.225 e. The van der Waals surface area contributed by atoms with Gasteiger partial charge in [0.05, 0.1) is 13.0 Å². The van der Waals surface area contributed by atoms with Crippen molar-refractivity contribution in [3.05, 3.63) is 29.8 Å². The van der Waals surface area contributed by atoms with Crippen molar-refractivity contribution >= 4 is 5.91 Å². The number of amides is 1. The Labute approximate surface area is 127 Å². The summed E-state index contributed by atoms with van der Waals surface area (Å²) < 4.78 is 5.63. The van der Waals surface area contributed by atoms with E-state index in [1.54, 1.807) is 0 Å². The van der Waals surface area contributed by atoms with Gasteiger partial charge in [0.2, 0.25) is 5.91 Å². The minimum atomic E-state index is 0.148. The van der Waals surface area contributed by atoms with Gasteiger partial charge in [0.25, 0.3) is 0 Å². The largest absolute Gasteiger partial charge is 0.493 e. The predicted molar refractivity (Wildman–Crippen MR) is 84.6 cm³/mol. The molecule has 1 fully saturated rings. The van der Waals surface area contributed by atoms with Gasteiger partial charge >= 0.3 is 0 Å². The first kappa shape index (κ1) is 15.8. The highest BCUT2D eigenvalue weighted by Gasteiger charge is 2.17. The van der Waals surface area contributed by atoms with E-state index in [-0.39, 0.29) is 5.91 Å². The Hall–Kier alpha value is -1.55. The minimum absolute atomic E-state index is 0.148. The van der Waals surface area contributed by atoms with E-state index < -0.39 is 0 Å². The number of carbonyl (C=O) groups is 1. The SMILES string of the molecule is Cc1cccc(OCCC(=O)N(C)CC2CCCCN2)c1. The maximum absolute atomic E-state index is 12.1. The van der Waals surface area contributed by atoms with E-state index in [0.717, 1.165) is 25.3 Å². The summed E-state index contributed by atoms with van der Waals surface area (Å²) in [5, 5.41) is 3.47. The van der Waals surface area contributed by atoms with E-state index in [0.29, 0.717) is 19.1 Å². The van der Waals surface area contributed by atoms with Gasteiger partial charge in [0.15, 0.2) is 0 Å². The molecule has 1 aliphatic heterocycles. The lowest BCUT2D eigenvalue weighted by Gasteiger charge is -2.28. The molecule has 2 rings (SSSR count). The van der Waals surface area contributed by atoms with Crippen LogP contribution in [-0.4, -0.2) is 43.6 Å². The quantitative estimate of drug-likeness (QED) is 0.874. The Kier molecular flexibility index (Phi) is 6.05. The number of aryl methyl sites for hydroxylation is 1. The lowest BCUT2D eigenvalue weighted by atomic mass is 10.0. The topological polar surface area (TPSA) is 41.6 Å². The second kappa shape index (κ2) is 8.03. The van der Waals surface area contributed by atoms with Gasteiger partial charge in [-0.1, -0.05) is 18.6 Å². The minimum Gasteiger partial charge on any atom is -0.493 e. The molecule has 0 aromatic heterocycles. The average molecular weight is 290 g/mol. The summed E-state index contributed by atoms with van der Waals surface area (Å²) in [6, 6.07) is 8.36. The number of hydrogen-bond acceptors (Lipinski definition) is 3. The maximum atomic E-state index is 12.1. The number of ether oxygens (including phenoxy) is 1. The highest BCUT2D eigenvalue weighted by atomic mass is 16.5. The number of rotatable bonds is 6. The monoisotopic (exact) mass is 290 g/mol. The predicted octanol–water partition coefficient (Wildman–Crippen LogP) is 2.36. The van der Waals surface area contributed by atoms with Gasteiger partial charge in [-0.15, -0.1) is 0 Å². The van der Waals surface area contributed by atoms with Gasteiger partial charge in [0, 0.05) is 19.6 Å². The van der Waals surface area contributed by atoms with Crippen LogP contribution in [0.4, 0.5) is 0 Å². The summed E-state index contributed by atoms with van der Waals surface area (Å²) in [7, 11) is 1.88. The third-order valence-corrected chi connectivity index (χ3v) is 3.91. The number of nitrogens with zero attached hydrogens (tertiary/aromatic N) is 1. The Balaban J connectivity index is 1.68. The van der Waals surface area contributed by atoms with Crippen molar-refractivity contribution in [1.82, 2.24) is 10.2 Å². The number of nitrogens with one attached hydrogen (secondary N) is 1. The van der Waals surface area contributed by atoms with Crippen molar-refractivity contribution in [2.24, 2.45) is 0 Å². The van der Waals surface area contributed by atoms with E-state index in [2.05, 4.69) is 5.32 Å². The van der Waals surface area contributed by atoms with Gasteiger partial charge in [-0.3, -0.25) is 4.79 Å². The van der Waals surface area contributed by atoms with Crippen molar-refractivity contribution in [2.75, 3.05) is 26.7 Å². The highest BCUT2D eigenvalue weighted by Crippen LogP contribution is 2.13. The number of likely N-dealkylation sites (N-methyl/N-ethyl adjacent to an activating group) is 1. The van der Waals surface area contributed by atoms with E-state index in [1.807, 2.05) is 43.1 Å². The molecule has 1 amide bonds. The van der Waals surface area contributed by atoms with Crippen LogP contribution in [0.25, 0.3) is 0 Å². The fraction of sp³-hybridized carbons (Fsp3) is 0.588. The molecule has 4 nitrogen and oxygen atoms in total. The second-order valence-electron chi connectivity index (χ2n) is 5.84. The zero-order chi connectivity index (χ0) is 15.1. The number of carbonyl (C=O) groups excluding carboxylic acids is 1. The average Bonchev–Trinajstić information content (AvgIpc) is 2.48. The number of piperidine rings is 1. The summed E-state index contributed by atoms with van der Waals surface area (Å²) in [6.45, 7) is 4.33. The molecule has 116 valence electrons. The first-order valence-electron chi connectivity index (χ1n) is 7.82. The molecule has 4 heteroatoms. The van der Waals surface area contributed by atoms with E-state index in [9.17, 15) is 4.79 Å². The molecule has 0 radical (unpaired) electrons. The molecular formula is C17H26N2O2. The zero-order valence-corrected chi connectivity index (χ0v) is 13.1. The lowest BCUT2D eigenvalue weighted by Crippen LogP contribution is -2.44.